The summed E-state index contributed by atoms with van der Waals surface area (Å²) in [6.07, 6.45) is 4.51. The number of amides is 1. The first-order valence-electron chi connectivity index (χ1n) is 7.67. The molecule has 2 aromatic rings. The maximum Gasteiger partial charge on any atom is 0.256 e. The van der Waals surface area contributed by atoms with Gasteiger partial charge < -0.3 is 9.88 Å². The number of aryl methyl sites for hydroxylation is 2. The third-order valence-electron chi connectivity index (χ3n) is 4.18. The van der Waals surface area contributed by atoms with Gasteiger partial charge in [-0.1, -0.05) is 29.3 Å². The van der Waals surface area contributed by atoms with E-state index in [2.05, 4.69) is 28.2 Å². The lowest BCUT2D eigenvalue weighted by atomic mass is 10.1. The quantitative estimate of drug-likeness (QED) is 0.907. The number of nitrogens with one attached hydrogen (secondary N) is 1. The number of aromatic nitrogens is 1. The summed E-state index contributed by atoms with van der Waals surface area (Å²) in [5.41, 5.74) is 2.18. The Morgan fingerprint density at radius 2 is 2.23 bits per heavy atom. The van der Waals surface area contributed by atoms with E-state index in [1.54, 1.807) is 6.20 Å². The molecule has 1 amide bonds. The first-order chi connectivity index (χ1) is 10.5. The van der Waals surface area contributed by atoms with Gasteiger partial charge in [0.25, 0.3) is 5.91 Å². The number of pyridine rings is 1. The molecule has 0 fully saturated rings. The molecule has 0 saturated carbocycles. The van der Waals surface area contributed by atoms with Crippen LogP contribution in [0.1, 0.15) is 42.6 Å². The summed E-state index contributed by atoms with van der Waals surface area (Å²) < 4.78 is 2.91. The number of carbonyl (C=O) groups is 1. The van der Waals surface area contributed by atoms with Crippen LogP contribution in [0.15, 0.2) is 27.6 Å². The molecule has 1 N–H and O–H groups in total. The minimum absolute atomic E-state index is 0.0734. The standard InChI is InChI=1S/C17H19BrN2O2/c1-3-4-10(2)19-17(22)14-9-20-6-5-11-7-12(18)8-13(15(11)20)16(14)21/h7-10H,3-6H2,1-2H3,(H,19,22). The minimum Gasteiger partial charge on any atom is -0.349 e. The summed E-state index contributed by atoms with van der Waals surface area (Å²) in [5.74, 6) is -0.273. The minimum atomic E-state index is -0.273. The Bertz CT molecular complexity index is 810. The molecule has 0 spiro atoms. The molecule has 1 aliphatic rings. The van der Waals surface area contributed by atoms with E-state index in [4.69, 9.17) is 0 Å². The predicted octanol–water partition coefficient (Wildman–Crippen LogP) is 3.24. The maximum absolute atomic E-state index is 12.7. The van der Waals surface area contributed by atoms with Gasteiger partial charge in [0.15, 0.2) is 0 Å². The predicted molar refractivity (Wildman–Crippen MR) is 91.4 cm³/mol. The van der Waals surface area contributed by atoms with Crippen molar-refractivity contribution in [2.75, 3.05) is 0 Å². The zero-order chi connectivity index (χ0) is 15.9. The first-order valence-corrected chi connectivity index (χ1v) is 8.47. The molecule has 3 rings (SSSR count). The second-order valence-electron chi connectivity index (χ2n) is 5.94. The Morgan fingerprint density at radius 3 is 2.95 bits per heavy atom. The Labute approximate surface area is 137 Å². The van der Waals surface area contributed by atoms with E-state index in [0.717, 1.165) is 41.4 Å². The van der Waals surface area contributed by atoms with Crippen LogP contribution in [0.3, 0.4) is 0 Å². The van der Waals surface area contributed by atoms with Crippen molar-refractivity contribution < 1.29 is 4.79 Å². The van der Waals surface area contributed by atoms with Crippen molar-refractivity contribution in [2.45, 2.75) is 45.7 Å². The van der Waals surface area contributed by atoms with E-state index >= 15 is 0 Å². The van der Waals surface area contributed by atoms with Gasteiger partial charge in [-0.15, -0.1) is 0 Å². The Kier molecular flexibility index (Phi) is 4.08. The SMILES string of the molecule is CCCC(C)NC(=O)c1cn2c3c(cc(Br)cc3c1=O)CC2. The summed E-state index contributed by atoms with van der Waals surface area (Å²) in [4.78, 5) is 25.1. The molecule has 22 heavy (non-hydrogen) atoms. The van der Waals surface area contributed by atoms with Crippen LogP contribution >= 0.6 is 15.9 Å². The van der Waals surface area contributed by atoms with Crippen molar-refractivity contribution in [1.82, 2.24) is 9.88 Å². The topological polar surface area (TPSA) is 51.1 Å². The van der Waals surface area contributed by atoms with Crippen molar-refractivity contribution in [3.8, 4) is 0 Å². The van der Waals surface area contributed by atoms with Crippen molar-refractivity contribution in [1.29, 1.82) is 0 Å². The molecule has 1 aliphatic heterocycles. The molecule has 1 atom stereocenters. The van der Waals surface area contributed by atoms with Crippen LogP contribution in [0.4, 0.5) is 0 Å². The van der Waals surface area contributed by atoms with Crippen LogP contribution in [0, 0.1) is 0 Å². The lowest BCUT2D eigenvalue weighted by Crippen LogP contribution is -2.35. The third kappa shape index (κ3) is 2.58. The lowest BCUT2D eigenvalue weighted by molar-refractivity contribution is 0.0936. The van der Waals surface area contributed by atoms with Gasteiger partial charge in [0, 0.05) is 28.6 Å². The number of benzene rings is 1. The smallest absolute Gasteiger partial charge is 0.256 e. The summed E-state index contributed by atoms with van der Waals surface area (Å²) in [6.45, 7) is 4.86. The highest BCUT2D eigenvalue weighted by Gasteiger charge is 2.21. The second-order valence-corrected chi connectivity index (χ2v) is 6.86. The number of nitrogens with zero attached hydrogens (tertiary/aromatic N) is 1. The summed E-state index contributed by atoms with van der Waals surface area (Å²) in [5, 5.41) is 3.54. The zero-order valence-electron chi connectivity index (χ0n) is 12.8. The van der Waals surface area contributed by atoms with E-state index < -0.39 is 0 Å². The van der Waals surface area contributed by atoms with Gasteiger partial charge in [0.2, 0.25) is 5.43 Å². The Morgan fingerprint density at radius 1 is 1.45 bits per heavy atom. The first kappa shape index (κ1) is 15.3. The zero-order valence-corrected chi connectivity index (χ0v) is 14.4. The van der Waals surface area contributed by atoms with Crippen LogP contribution in [-0.4, -0.2) is 16.5 Å². The molecule has 1 unspecified atom stereocenters. The molecule has 0 radical (unpaired) electrons. The second kappa shape index (κ2) is 5.88. The maximum atomic E-state index is 12.7. The highest BCUT2D eigenvalue weighted by Crippen LogP contribution is 2.28. The summed E-state index contributed by atoms with van der Waals surface area (Å²) in [7, 11) is 0. The molecular weight excluding hydrogens is 344 g/mol. The highest BCUT2D eigenvalue weighted by atomic mass is 79.9. The summed E-state index contributed by atoms with van der Waals surface area (Å²) in [6, 6.07) is 3.94. The molecule has 4 nitrogen and oxygen atoms in total. The number of hydrogen-bond acceptors (Lipinski definition) is 2. The Balaban J connectivity index is 2.08. The number of hydrogen-bond donors (Lipinski definition) is 1. The molecule has 5 heteroatoms. The number of rotatable bonds is 4. The van der Waals surface area contributed by atoms with Crippen LogP contribution < -0.4 is 10.7 Å². The molecule has 116 valence electrons. The molecule has 1 aromatic carbocycles. The van der Waals surface area contributed by atoms with Gasteiger partial charge in [0.05, 0.1) is 5.52 Å². The van der Waals surface area contributed by atoms with Crippen LogP contribution in [0.25, 0.3) is 10.9 Å². The summed E-state index contributed by atoms with van der Waals surface area (Å²) >= 11 is 3.46. The molecule has 0 saturated heterocycles. The van der Waals surface area contributed by atoms with Crippen molar-refractivity contribution in [3.63, 3.8) is 0 Å². The van der Waals surface area contributed by atoms with Crippen molar-refractivity contribution in [2.24, 2.45) is 0 Å². The third-order valence-corrected chi connectivity index (χ3v) is 4.64. The van der Waals surface area contributed by atoms with E-state index in [-0.39, 0.29) is 22.9 Å². The van der Waals surface area contributed by atoms with Gasteiger partial charge in [0.1, 0.15) is 5.56 Å². The average molecular weight is 363 g/mol. The largest absolute Gasteiger partial charge is 0.349 e. The number of halogens is 1. The van der Waals surface area contributed by atoms with E-state index in [1.165, 1.54) is 0 Å². The fraction of sp³-hybridized carbons (Fsp3) is 0.412. The van der Waals surface area contributed by atoms with Gasteiger partial charge in [-0.25, -0.2) is 0 Å². The normalized spacial score (nSPS) is 14.3. The highest BCUT2D eigenvalue weighted by molar-refractivity contribution is 9.10. The monoisotopic (exact) mass is 362 g/mol. The number of carbonyl (C=O) groups excluding carboxylic acids is 1. The molecule has 1 aromatic heterocycles. The fourth-order valence-electron chi connectivity index (χ4n) is 3.17. The van der Waals surface area contributed by atoms with Crippen molar-refractivity contribution >= 4 is 32.7 Å². The van der Waals surface area contributed by atoms with Crippen LogP contribution in [0.5, 0.6) is 0 Å². The van der Waals surface area contributed by atoms with E-state index in [9.17, 15) is 9.59 Å². The van der Waals surface area contributed by atoms with Gasteiger partial charge >= 0.3 is 0 Å². The van der Waals surface area contributed by atoms with E-state index in [0.29, 0.717) is 5.39 Å². The lowest BCUT2D eigenvalue weighted by Gasteiger charge is -2.14. The van der Waals surface area contributed by atoms with E-state index in [1.807, 2.05) is 23.6 Å². The molecular formula is C17H19BrN2O2. The average Bonchev–Trinajstić information content (AvgIpc) is 2.85. The van der Waals surface area contributed by atoms with Crippen LogP contribution in [-0.2, 0) is 13.0 Å². The molecule has 0 aliphatic carbocycles. The van der Waals surface area contributed by atoms with Gasteiger partial charge in [-0.05, 0) is 37.5 Å². The Hall–Kier alpha value is -1.62. The molecule has 0 bridgehead atoms. The van der Waals surface area contributed by atoms with Crippen LogP contribution in [0.2, 0.25) is 0 Å². The fourth-order valence-corrected chi connectivity index (χ4v) is 3.67. The van der Waals surface area contributed by atoms with Crippen molar-refractivity contribution in [3.05, 3.63) is 44.2 Å². The van der Waals surface area contributed by atoms with Gasteiger partial charge in [-0.3, -0.25) is 9.59 Å². The van der Waals surface area contributed by atoms with Gasteiger partial charge in [-0.2, -0.15) is 0 Å². The molecule has 2 heterocycles.